The SMILES string of the molecule is CCOCCN(CC)C(=O)Cc1ccc(S(=O)(=O)Cl)s1. The Kier molecular flexibility index (Phi) is 6.94. The lowest BCUT2D eigenvalue weighted by molar-refractivity contribution is -0.130. The molecule has 0 bridgehead atoms. The molecule has 0 radical (unpaired) electrons. The summed E-state index contributed by atoms with van der Waals surface area (Å²) in [7, 11) is 1.54. The van der Waals surface area contributed by atoms with Gasteiger partial charge in [0.05, 0.1) is 13.0 Å². The van der Waals surface area contributed by atoms with Crippen molar-refractivity contribution in [2.45, 2.75) is 24.5 Å². The summed E-state index contributed by atoms with van der Waals surface area (Å²) in [4.78, 5) is 14.5. The number of carbonyl (C=O) groups is 1. The lowest BCUT2D eigenvalue weighted by Crippen LogP contribution is -2.34. The van der Waals surface area contributed by atoms with E-state index >= 15 is 0 Å². The van der Waals surface area contributed by atoms with Gasteiger partial charge < -0.3 is 9.64 Å². The fourth-order valence-electron chi connectivity index (χ4n) is 1.62. The number of thiophene rings is 1. The van der Waals surface area contributed by atoms with Crippen LogP contribution in [0.3, 0.4) is 0 Å². The molecule has 0 spiro atoms. The highest BCUT2D eigenvalue weighted by Crippen LogP contribution is 2.25. The van der Waals surface area contributed by atoms with Crippen LogP contribution in [0.2, 0.25) is 0 Å². The van der Waals surface area contributed by atoms with E-state index in [1.165, 1.54) is 6.07 Å². The average Bonchev–Trinajstić information content (AvgIpc) is 2.83. The second-order valence-corrected chi connectivity index (χ2v) is 7.97. The first kappa shape index (κ1) is 17.4. The predicted octanol–water partition coefficient (Wildman–Crippen LogP) is 2.10. The molecule has 0 saturated heterocycles. The highest BCUT2D eigenvalue weighted by molar-refractivity contribution is 8.15. The normalized spacial score (nSPS) is 11.6. The van der Waals surface area contributed by atoms with Crippen molar-refractivity contribution in [2.24, 2.45) is 0 Å². The number of amides is 1. The van der Waals surface area contributed by atoms with Gasteiger partial charge >= 0.3 is 0 Å². The van der Waals surface area contributed by atoms with Crippen LogP contribution in [0.25, 0.3) is 0 Å². The molecule has 0 fully saturated rings. The summed E-state index contributed by atoms with van der Waals surface area (Å²) in [6, 6.07) is 3.04. The molecule has 1 aromatic rings. The molecule has 0 N–H and O–H groups in total. The monoisotopic (exact) mass is 339 g/mol. The Balaban J connectivity index is 2.62. The zero-order chi connectivity index (χ0) is 15.2. The minimum Gasteiger partial charge on any atom is -0.380 e. The van der Waals surface area contributed by atoms with E-state index in [0.717, 1.165) is 11.3 Å². The van der Waals surface area contributed by atoms with Crippen molar-refractivity contribution in [1.82, 2.24) is 4.90 Å². The molecule has 8 heteroatoms. The van der Waals surface area contributed by atoms with Gasteiger partial charge in [-0.2, -0.15) is 0 Å². The van der Waals surface area contributed by atoms with Gasteiger partial charge in [0.2, 0.25) is 5.91 Å². The molecular formula is C12H18ClNO4S2. The van der Waals surface area contributed by atoms with Crippen molar-refractivity contribution in [2.75, 3.05) is 26.3 Å². The number of ether oxygens (including phenoxy) is 1. The number of rotatable bonds is 8. The van der Waals surface area contributed by atoms with Gasteiger partial charge in [-0.15, -0.1) is 11.3 Å². The Morgan fingerprint density at radius 3 is 2.60 bits per heavy atom. The molecule has 0 aliphatic rings. The van der Waals surface area contributed by atoms with E-state index in [-0.39, 0.29) is 16.5 Å². The first-order valence-electron chi connectivity index (χ1n) is 6.27. The molecule has 1 aromatic heterocycles. The van der Waals surface area contributed by atoms with Crippen LogP contribution in [0.4, 0.5) is 0 Å². The molecule has 1 heterocycles. The molecule has 114 valence electrons. The second kappa shape index (κ2) is 7.97. The van der Waals surface area contributed by atoms with Crippen LogP contribution in [0.1, 0.15) is 18.7 Å². The van der Waals surface area contributed by atoms with Gasteiger partial charge in [0.1, 0.15) is 4.21 Å². The number of hydrogen-bond acceptors (Lipinski definition) is 5. The summed E-state index contributed by atoms with van der Waals surface area (Å²) in [6.07, 6.45) is 0.178. The predicted molar refractivity (Wildman–Crippen MR) is 79.8 cm³/mol. The molecule has 0 unspecified atom stereocenters. The molecular weight excluding hydrogens is 322 g/mol. The van der Waals surface area contributed by atoms with E-state index in [1.54, 1.807) is 11.0 Å². The van der Waals surface area contributed by atoms with E-state index in [4.69, 9.17) is 15.4 Å². The minimum atomic E-state index is -3.72. The van der Waals surface area contributed by atoms with E-state index < -0.39 is 9.05 Å². The maximum absolute atomic E-state index is 12.1. The van der Waals surface area contributed by atoms with Crippen LogP contribution in [-0.2, 0) is 25.0 Å². The number of likely N-dealkylation sites (N-methyl/N-ethyl adjacent to an activating group) is 1. The maximum atomic E-state index is 12.1. The van der Waals surface area contributed by atoms with Gasteiger partial charge in [-0.25, -0.2) is 8.42 Å². The summed E-state index contributed by atoms with van der Waals surface area (Å²) in [5, 5.41) is 0. The van der Waals surface area contributed by atoms with Crippen molar-refractivity contribution < 1.29 is 17.9 Å². The van der Waals surface area contributed by atoms with E-state index in [9.17, 15) is 13.2 Å². The standard InChI is InChI=1S/C12H18ClNO4S2/c1-3-14(7-8-18-4-2)11(15)9-10-5-6-12(19-10)20(13,16)17/h5-6H,3-4,7-9H2,1-2H3. The lowest BCUT2D eigenvalue weighted by atomic mass is 10.3. The minimum absolute atomic E-state index is 0.0485. The van der Waals surface area contributed by atoms with Gasteiger partial charge in [0.25, 0.3) is 9.05 Å². The second-order valence-electron chi connectivity index (χ2n) is 4.01. The van der Waals surface area contributed by atoms with Crippen molar-refractivity contribution in [3.8, 4) is 0 Å². The first-order valence-corrected chi connectivity index (χ1v) is 9.40. The summed E-state index contributed by atoms with van der Waals surface area (Å²) < 4.78 is 27.6. The number of halogens is 1. The largest absolute Gasteiger partial charge is 0.380 e. The molecule has 1 rings (SSSR count). The summed E-state index contributed by atoms with van der Waals surface area (Å²) >= 11 is 1.03. The zero-order valence-electron chi connectivity index (χ0n) is 11.5. The van der Waals surface area contributed by atoms with Gasteiger partial charge in [-0.05, 0) is 26.0 Å². The average molecular weight is 340 g/mol. The Bertz CT molecular complexity index is 541. The highest BCUT2D eigenvalue weighted by Gasteiger charge is 2.17. The van der Waals surface area contributed by atoms with Crippen LogP contribution in [0, 0.1) is 0 Å². The van der Waals surface area contributed by atoms with Crippen LogP contribution in [0.5, 0.6) is 0 Å². The Morgan fingerprint density at radius 2 is 2.10 bits per heavy atom. The quantitative estimate of drug-likeness (QED) is 0.537. The Labute approximate surface area is 127 Å². The highest BCUT2D eigenvalue weighted by atomic mass is 35.7. The summed E-state index contributed by atoms with van der Waals surface area (Å²) in [5.74, 6) is -0.0485. The lowest BCUT2D eigenvalue weighted by Gasteiger charge is -2.20. The topological polar surface area (TPSA) is 63.7 Å². The van der Waals surface area contributed by atoms with Crippen molar-refractivity contribution in [3.05, 3.63) is 17.0 Å². The molecule has 5 nitrogen and oxygen atoms in total. The molecule has 20 heavy (non-hydrogen) atoms. The van der Waals surface area contributed by atoms with Crippen molar-refractivity contribution in [3.63, 3.8) is 0 Å². The van der Waals surface area contributed by atoms with Crippen molar-refractivity contribution >= 4 is 37.0 Å². The number of hydrogen-bond donors (Lipinski definition) is 0. The van der Waals surface area contributed by atoms with Crippen molar-refractivity contribution in [1.29, 1.82) is 0 Å². The fourth-order valence-corrected chi connectivity index (χ4v) is 3.74. The molecule has 1 amide bonds. The smallest absolute Gasteiger partial charge is 0.270 e. The van der Waals surface area contributed by atoms with E-state index in [2.05, 4.69) is 0 Å². The molecule has 0 atom stereocenters. The first-order chi connectivity index (χ1) is 9.38. The summed E-state index contributed by atoms with van der Waals surface area (Å²) in [6.45, 7) is 6.05. The fraction of sp³-hybridized carbons (Fsp3) is 0.583. The van der Waals surface area contributed by atoms with Crippen LogP contribution < -0.4 is 0 Å². The molecule has 0 aliphatic carbocycles. The van der Waals surface area contributed by atoms with Crippen LogP contribution in [0.15, 0.2) is 16.3 Å². The van der Waals surface area contributed by atoms with Crippen LogP contribution in [-0.4, -0.2) is 45.5 Å². The maximum Gasteiger partial charge on any atom is 0.270 e. The van der Waals surface area contributed by atoms with Gasteiger partial charge in [-0.1, -0.05) is 0 Å². The third-order valence-corrected chi connectivity index (χ3v) is 5.82. The zero-order valence-corrected chi connectivity index (χ0v) is 13.9. The van der Waals surface area contributed by atoms with E-state index in [0.29, 0.717) is 31.2 Å². The van der Waals surface area contributed by atoms with Gasteiger partial charge in [-0.3, -0.25) is 4.79 Å². The number of nitrogens with zero attached hydrogens (tertiary/aromatic N) is 1. The third kappa shape index (κ3) is 5.40. The Hall–Kier alpha value is -0.630. The summed E-state index contributed by atoms with van der Waals surface area (Å²) in [5.41, 5.74) is 0. The van der Waals surface area contributed by atoms with Gasteiger partial charge in [0, 0.05) is 35.3 Å². The van der Waals surface area contributed by atoms with E-state index in [1.807, 2.05) is 13.8 Å². The number of carbonyl (C=O) groups excluding carboxylic acids is 1. The Morgan fingerprint density at radius 1 is 1.40 bits per heavy atom. The molecule has 0 saturated carbocycles. The molecule has 0 aliphatic heterocycles. The third-order valence-electron chi connectivity index (χ3n) is 2.65. The van der Waals surface area contributed by atoms with Gasteiger partial charge in [0.15, 0.2) is 0 Å². The van der Waals surface area contributed by atoms with Crippen LogP contribution >= 0.6 is 22.0 Å². The molecule has 0 aromatic carbocycles.